The maximum atomic E-state index is 12.2. The molecule has 1 heterocycles. The van der Waals surface area contributed by atoms with Crippen LogP contribution in [-0.4, -0.2) is 40.4 Å². The molecule has 0 aromatic heterocycles. The lowest BCUT2D eigenvalue weighted by atomic mass is 10.3. The number of benzene rings is 1. The van der Waals surface area contributed by atoms with E-state index in [2.05, 4.69) is 15.0 Å². The number of hydrogen-bond donors (Lipinski definition) is 2. The van der Waals surface area contributed by atoms with Gasteiger partial charge in [0, 0.05) is 18.2 Å². The molecule has 0 aliphatic carbocycles. The third-order valence-electron chi connectivity index (χ3n) is 2.82. The van der Waals surface area contributed by atoms with Gasteiger partial charge in [-0.25, -0.2) is 18.1 Å². The third kappa shape index (κ3) is 4.10. The molecule has 22 heavy (non-hydrogen) atoms. The molecule has 0 unspecified atom stereocenters. The zero-order chi connectivity index (χ0) is 16.2. The largest absolute Gasteiger partial charge is 0.351 e. The molecular weight excluding hydrogens is 330 g/mol. The van der Waals surface area contributed by atoms with Gasteiger partial charge in [-0.15, -0.1) is 0 Å². The molecular formula is C13H18ClN3O4S. The molecule has 9 heteroatoms. The summed E-state index contributed by atoms with van der Waals surface area (Å²) in [5, 5.41) is 3.26. The lowest BCUT2D eigenvalue weighted by Gasteiger charge is -2.22. The average Bonchev–Trinajstić information content (AvgIpc) is 2.46. The van der Waals surface area contributed by atoms with Gasteiger partial charge >= 0.3 is 0 Å². The van der Waals surface area contributed by atoms with E-state index < -0.39 is 16.3 Å². The number of aliphatic imine (C=N–C) groups is 1. The van der Waals surface area contributed by atoms with Crippen molar-refractivity contribution in [1.82, 2.24) is 4.72 Å². The lowest BCUT2D eigenvalue weighted by molar-refractivity contribution is -0.128. The minimum absolute atomic E-state index is 0.0881. The van der Waals surface area contributed by atoms with Crippen LogP contribution in [0.5, 0.6) is 0 Å². The van der Waals surface area contributed by atoms with Crippen molar-refractivity contribution in [2.24, 2.45) is 4.99 Å². The number of ether oxygens (including phenoxy) is 2. The number of nitrogens with zero attached hydrogens (tertiary/aromatic N) is 1. The van der Waals surface area contributed by atoms with Gasteiger partial charge in [-0.3, -0.25) is 0 Å². The smallest absolute Gasteiger partial charge is 0.266 e. The van der Waals surface area contributed by atoms with Gasteiger partial charge in [0.05, 0.1) is 12.2 Å². The highest BCUT2D eigenvalue weighted by atomic mass is 35.5. The Labute approximate surface area is 134 Å². The SMILES string of the molecule is CCOC(CN=C1Nc2ccc(Cl)cc2S(=O)(=O)N1)OCC. The van der Waals surface area contributed by atoms with E-state index >= 15 is 0 Å². The maximum Gasteiger partial charge on any atom is 0.266 e. The summed E-state index contributed by atoms with van der Waals surface area (Å²) in [4.78, 5) is 4.26. The second-order valence-corrected chi connectivity index (χ2v) is 6.49. The zero-order valence-electron chi connectivity index (χ0n) is 12.3. The van der Waals surface area contributed by atoms with Crippen LogP contribution in [0.25, 0.3) is 0 Å². The molecule has 1 aliphatic rings. The molecule has 0 bridgehead atoms. The second-order valence-electron chi connectivity index (χ2n) is 4.40. The Morgan fingerprint density at radius 1 is 1.27 bits per heavy atom. The van der Waals surface area contributed by atoms with Gasteiger partial charge in [0.1, 0.15) is 4.90 Å². The predicted octanol–water partition coefficient (Wildman–Crippen LogP) is 1.80. The van der Waals surface area contributed by atoms with Crippen LogP contribution in [0.3, 0.4) is 0 Å². The van der Waals surface area contributed by atoms with E-state index in [0.29, 0.717) is 23.9 Å². The Morgan fingerprint density at radius 3 is 2.59 bits per heavy atom. The third-order valence-corrected chi connectivity index (χ3v) is 4.43. The summed E-state index contributed by atoms with van der Waals surface area (Å²) in [6.07, 6.45) is -0.514. The highest BCUT2D eigenvalue weighted by Gasteiger charge is 2.26. The minimum atomic E-state index is -3.70. The van der Waals surface area contributed by atoms with Gasteiger partial charge in [-0.05, 0) is 32.0 Å². The number of halogens is 1. The predicted molar refractivity (Wildman–Crippen MR) is 84.7 cm³/mol. The number of fused-ring (bicyclic) bond motifs is 1. The van der Waals surface area contributed by atoms with Crippen molar-refractivity contribution in [2.45, 2.75) is 25.0 Å². The van der Waals surface area contributed by atoms with Crippen LogP contribution < -0.4 is 10.0 Å². The second kappa shape index (κ2) is 7.28. The van der Waals surface area contributed by atoms with E-state index in [-0.39, 0.29) is 17.4 Å². The Bertz CT molecular complexity index is 657. The highest BCUT2D eigenvalue weighted by molar-refractivity contribution is 7.90. The van der Waals surface area contributed by atoms with Crippen molar-refractivity contribution in [3.05, 3.63) is 23.2 Å². The van der Waals surface area contributed by atoms with Crippen LogP contribution in [0.1, 0.15) is 13.8 Å². The monoisotopic (exact) mass is 347 g/mol. The fraction of sp³-hybridized carbons (Fsp3) is 0.462. The molecule has 1 aromatic rings. The number of guanidine groups is 1. The average molecular weight is 348 g/mol. The van der Waals surface area contributed by atoms with Gasteiger partial charge in [0.2, 0.25) is 5.96 Å². The number of sulfonamides is 1. The quantitative estimate of drug-likeness (QED) is 0.766. The molecule has 0 amide bonds. The fourth-order valence-corrected chi connectivity index (χ4v) is 3.33. The molecule has 1 aromatic carbocycles. The Kier molecular flexibility index (Phi) is 5.63. The first-order chi connectivity index (χ1) is 10.5. The summed E-state index contributed by atoms with van der Waals surface area (Å²) in [6.45, 7) is 4.84. The van der Waals surface area contributed by atoms with E-state index in [1.165, 1.54) is 6.07 Å². The number of hydrogen-bond acceptors (Lipinski definition) is 5. The van der Waals surface area contributed by atoms with Gasteiger partial charge in [0.25, 0.3) is 10.0 Å². The van der Waals surface area contributed by atoms with Gasteiger partial charge in [-0.2, -0.15) is 0 Å². The van der Waals surface area contributed by atoms with Crippen LogP contribution in [0, 0.1) is 0 Å². The van der Waals surface area contributed by atoms with Gasteiger partial charge in [0.15, 0.2) is 6.29 Å². The summed E-state index contributed by atoms with van der Waals surface area (Å²) < 4.78 is 37.4. The van der Waals surface area contributed by atoms with E-state index in [9.17, 15) is 8.42 Å². The lowest BCUT2D eigenvalue weighted by Crippen LogP contribution is -2.41. The molecule has 122 valence electrons. The fourth-order valence-electron chi connectivity index (χ4n) is 1.92. The van der Waals surface area contributed by atoms with Crippen molar-refractivity contribution in [2.75, 3.05) is 25.1 Å². The normalized spacial score (nSPS) is 17.9. The van der Waals surface area contributed by atoms with Crippen LogP contribution >= 0.6 is 11.6 Å². The molecule has 2 rings (SSSR count). The standard InChI is InChI=1S/C13H18ClN3O4S/c1-3-20-12(21-4-2)8-15-13-16-10-6-5-9(14)7-11(10)22(18,19)17-13/h5-7,12H,3-4,8H2,1-2H3,(H2,15,16,17). The summed E-state index contributed by atoms with van der Waals surface area (Å²) in [6, 6.07) is 4.58. The summed E-state index contributed by atoms with van der Waals surface area (Å²) in [5.41, 5.74) is 0.422. The first-order valence-electron chi connectivity index (χ1n) is 6.83. The van der Waals surface area contributed by atoms with Crippen molar-refractivity contribution < 1.29 is 17.9 Å². The van der Waals surface area contributed by atoms with Crippen molar-refractivity contribution in [1.29, 1.82) is 0 Å². The molecule has 1 aliphatic heterocycles. The molecule has 2 N–H and O–H groups in total. The highest BCUT2D eigenvalue weighted by Crippen LogP contribution is 2.27. The van der Waals surface area contributed by atoms with Crippen molar-refractivity contribution in [3.63, 3.8) is 0 Å². The summed E-state index contributed by atoms with van der Waals surface area (Å²) in [5.74, 6) is 0.124. The number of nitrogens with one attached hydrogen (secondary N) is 2. The minimum Gasteiger partial charge on any atom is -0.351 e. The Balaban J connectivity index is 2.18. The van der Waals surface area contributed by atoms with E-state index in [1.807, 2.05) is 13.8 Å². The maximum absolute atomic E-state index is 12.2. The van der Waals surface area contributed by atoms with E-state index in [4.69, 9.17) is 21.1 Å². The van der Waals surface area contributed by atoms with Crippen molar-refractivity contribution >= 4 is 33.3 Å². The topological polar surface area (TPSA) is 89.0 Å². The van der Waals surface area contributed by atoms with Crippen LogP contribution in [0.15, 0.2) is 28.1 Å². The Morgan fingerprint density at radius 2 is 1.95 bits per heavy atom. The van der Waals surface area contributed by atoms with E-state index in [0.717, 1.165) is 0 Å². The van der Waals surface area contributed by atoms with Crippen molar-refractivity contribution in [3.8, 4) is 0 Å². The molecule has 0 atom stereocenters. The first kappa shape index (κ1) is 17.0. The Hall–Kier alpha value is -1.35. The molecule has 0 radical (unpaired) electrons. The number of anilines is 1. The van der Waals surface area contributed by atoms with Gasteiger partial charge < -0.3 is 14.8 Å². The molecule has 0 spiro atoms. The van der Waals surface area contributed by atoms with Gasteiger partial charge in [-0.1, -0.05) is 11.6 Å². The number of rotatable bonds is 6. The molecule has 0 saturated heterocycles. The zero-order valence-corrected chi connectivity index (χ0v) is 13.9. The van der Waals surface area contributed by atoms with Crippen LogP contribution in [0.2, 0.25) is 5.02 Å². The summed E-state index contributed by atoms with van der Waals surface area (Å²) in [7, 11) is -3.70. The van der Waals surface area contributed by atoms with E-state index in [1.54, 1.807) is 12.1 Å². The molecule has 7 nitrogen and oxygen atoms in total. The summed E-state index contributed by atoms with van der Waals surface area (Å²) >= 11 is 5.83. The molecule has 0 fully saturated rings. The first-order valence-corrected chi connectivity index (χ1v) is 8.69. The van der Waals surface area contributed by atoms with Crippen LogP contribution in [-0.2, 0) is 19.5 Å². The van der Waals surface area contributed by atoms with Crippen LogP contribution in [0.4, 0.5) is 5.69 Å². The molecule has 0 saturated carbocycles.